The highest BCUT2D eigenvalue weighted by atomic mass is 16.5. The number of rotatable bonds is 6. The van der Waals surface area contributed by atoms with Crippen molar-refractivity contribution in [2.75, 3.05) is 26.1 Å². The van der Waals surface area contributed by atoms with Crippen molar-refractivity contribution in [3.05, 3.63) is 6.07 Å². The van der Waals surface area contributed by atoms with Gasteiger partial charge in [0.25, 0.3) is 0 Å². The minimum Gasteiger partial charge on any atom is -0.481 e. The fourth-order valence-electron chi connectivity index (χ4n) is 2.54. The van der Waals surface area contributed by atoms with Crippen molar-refractivity contribution in [3.63, 3.8) is 0 Å². The van der Waals surface area contributed by atoms with Crippen LogP contribution in [-0.2, 0) is 4.79 Å². The van der Waals surface area contributed by atoms with E-state index in [9.17, 15) is 4.79 Å². The molecule has 0 spiro atoms. The van der Waals surface area contributed by atoms with Gasteiger partial charge in [0.2, 0.25) is 17.7 Å². The Balaban J connectivity index is 1.87. The lowest BCUT2D eigenvalue weighted by atomic mass is 9.82. The topological polar surface area (TPSA) is 93.6 Å². The van der Waals surface area contributed by atoms with Crippen LogP contribution in [0.2, 0.25) is 0 Å². The molecule has 1 aromatic heterocycles. The fraction of sp³-hybridized carbons (Fsp3) is 0.643. The molecular formula is C14H21N3O4. The number of anilines is 1. The van der Waals surface area contributed by atoms with Gasteiger partial charge < -0.3 is 19.9 Å². The summed E-state index contributed by atoms with van der Waals surface area (Å²) in [4.78, 5) is 19.3. The summed E-state index contributed by atoms with van der Waals surface area (Å²) in [6, 6.07) is 1.61. The van der Waals surface area contributed by atoms with Gasteiger partial charge in [0.15, 0.2) is 0 Å². The zero-order valence-corrected chi connectivity index (χ0v) is 12.3. The van der Waals surface area contributed by atoms with Gasteiger partial charge in [-0.25, -0.2) is 0 Å². The van der Waals surface area contributed by atoms with Crippen molar-refractivity contribution >= 4 is 11.9 Å². The molecule has 2 N–H and O–H groups in total. The van der Waals surface area contributed by atoms with Gasteiger partial charge in [-0.15, -0.1) is 0 Å². The monoisotopic (exact) mass is 295 g/mol. The summed E-state index contributed by atoms with van der Waals surface area (Å²) in [6.07, 6.45) is 3.30. The predicted octanol–water partition coefficient (Wildman–Crippen LogP) is 1.80. The van der Waals surface area contributed by atoms with E-state index in [0.29, 0.717) is 23.6 Å². The van der Waals surface area contributed by atoms with E-state index in [1.807, 2.05) is 0 Å². The minimum absolute atomic E-state index is 0.186. The molecule has 0 aliphatic heterocycles. The molecule has 1 heterocycles. The lowest BCUT2D eigenvalue weighted by molar-refractivity contribution is -0.143. The number of ether oxygens (including phenoxy) is 2. The molecule has 0 unspecified atom stereocenters. The summed E-state index contributed by atoms with van der Waals surface area (Å²) >= 11 is 0. The van der Waals surface area contributed by atoms with E-state index in [1.165, 1.54) is 0 Å². The van der Waals surface area contributed by atoms with Crippen molar-refractivity contribution in [3.8, 4) is 11.8 Å². The van der Waals surface area contributed by atoms with Crippen LogP contribution in [0.1, 0.15) is 25.7 Å². The van der Waals surface area contributed by atoms with Crippen LogP contribution in [0.4, 0.5) is 5.95 Å². The van der Waals surface area contributed by atoms with Gasteiger partial charge in [0, 0.05) is 6.54 Å². The van der Waals surface area contributed by atoms with Gasteiger partial charge in [0.1, 0.15) is 0 Å². The maximum Gasteiger partial charge on any atom is 0.306 e. The van der Waals surface area contributed by atoms with Gasteiger partial charge in [-0.1, -0.05) is 0 Å². The first-order valence-electron chi connectivity index (χ1n) is 7.06. The number of hydrogen-bond donors (Lipinski definition) is 2. The average Bonchev–Trinajstić information content (AvgIpc) is 2.52. The van der Waals surface area contributed by atoms with E-state index in [-0.39, 0.29) is 5.92 Å². The molecule has 0 bridgehead atoms. The van der Waals surface area contributed by atoms with E-state index in [4.69, 9.17) is 14.6 Å². The molecular weight excluding hydrogens is 274 g/mol. The van der Waals surface area contributed by atoms with Gasteiger partial charge in [-0.05, 0) is 31.6 Å². The van der Waals surface area contributed by atoms with Gasteiger partial charge in [-0.2, -0.15) is 9.97 Å². The molecule has 0 saturated heterocycles. The number of carboxylic acids is 1. The second-order valence-electron chi connectivity index (χ2n) is 5.21. The maximum atomic E-state index is 10.9. The molecule has 1 fully saturated rings. The quantitative estimate of drug-likeness (QED) is 0.826. The Morgan fingerprint density at radius 2 is 1.81 bits per heavy atom. The molecule has 1 aliphatic carbocycles. The molecule has 7 nitrogen and oxygen atoms in total. The number of carbonyl (C=O) groups is 1. The van der Waals surface area contributed by atoms with Crippen LogP contribution in [0.15, 0.2) is 6.07 Å². The van der Waals surface area contributed by atoms with E-state index in [2.05, 4.69) is 15.3 Å². The number of hydrogen-bond acceptors (Lipinski definition) is 6. The Morgan fingerprint density at radius 3 is 2.29 bits per heavy atom. The molecule has 116 valence electrons. The SMILES string of the molecule is COc1cc(OC)nc(NCC2CCC(C(=O)O)CC2)n1. The van der Waals surface area contributed by atoms with Crippen LogP contribution >= 0.6 is 0 Å². The van der Waals surface area contributed by atoms with E-state index < -0.39 is 5.97 Å². The summed E-state index contributed by atoms with van der Waals surface area (Å²) in [5.41, 5.74) is 0. The number of carboxylic acid groups (broad SMARTS) is 1. The van der Waals surface area contributed by atoms with Crippen molar-refractivity contribution in [1.82, 2.24) is 9.97 Å². The maximum absolute atomic E-state index is 10.9. The molecule has 1 aromatic rings. The van der Waals surface area contributed by atoms with Crippen molar-refractivity contribution in [2.24, 2.45) is 11.8 Å². The molecule has 0 atom stereocenters. The standard InChI is InChI=1S/C14H21N3O4/c1-20-11-7-12(21-2)17-14(16-11)15-8-9-3-5-10(6-4-9)13(18)19/h7,9-10H,3-6,8H2,1-2H3,(H,18,19)(H,15,16,17). The zero-order chi connectivity index (χ0) is 15.2. The Hall–Kier alpha value is -2.05. The summed E-state index contributed by atoms with van der Waals surface area (Å²) in [6.45, 7) is 0.725. The lowest BCUT2D eigenvalue weighted by Gasteiger charge is -2.26. The number of aliphatic carboxylic acids is 1. The van der Waals surface area contributed by atoms with Gasteiger partial charge >= 0.3 is 5.97 Å². The van der Waals surface area contributed by atoms with E-state index >= 15 is 0 Å². The molecule has 0 amide bonds. The Bertz CT molecular complexity index is 465. The Kier molecular flexibility index (Phi) is 5.19. The highest BCUT2D eigenvalue weighted by molar-refractivity contribution is 5.69. The number of aromatic nitrogens is 2. The Morgan fingerprint density at radius 1 is 1.24 bits per heavy atom. The van der Waals surface area contributed by atoms with Crippen molar-refractivity contribution in [2.45, 2.75) is 25.7 Å². The largest absolute Gasteiger partial charge is 0.481 e. The first-order chi connectivity index (χ1) is 10.1. The van der Waals surface area contributed by atoms with Gasteiger partial charge in [0.05, 0.1) is 26.2 Å². The van der Waals surface area contributed by atoms with Crippen LogP contribution in [-0.4, -0.2) is 41.8 Å². The summed E-state index contributed by atoms with van der Waals surface area (Å²) in [7, 11) is 3.08. The van der Waals surface area contributed by atoms with Crippen molar-refractivity contribution < 1.29 is 19.4 Å². The molecule has 1 saturated carbocycles. The van der Waals surface area contributed by atoms with Crippen LogP contribution < -0.4 is 14.8 Å². The molecule has 0 aromatic carbocycles. The number of nitrogens with zero attached hydrogens (tertiary/aromatic N) is 2. The number of nitrogens with one attached hydrogen (secondary N) is 1. The average molecular weight is 295 g/mol. The first-order valence-corrected chi connectivity index (χ1v) is 7.06. The fourth-order valence-corrected chi connectivity index (χ4v) is 2.54. The third-order valence-electron chi connectivity index (χ3n) is 3.84. The normalized spacial score (nSPS) is 21.6. The lowest BCUT2D eigenvalue weighted by Crippen LogP contribution is -2.25. The molecule has 2 rings (SSSR count). The van der Waals surface area contributed by atoms with Crippen LogP contribution in [0, 0.1) is 11.8 Å². The molecule has 7 heteroatoms. The minimum atomic E-state index is -0.678. The highest BCUT2D eigenvalue weighted by Gasteiger charge is 2.25. The summed E-state index contributed by atoms with van der Waals surface area (Å²) < 4.78 is 10.2. The Labute approximate surface area is 123 Å². The molecule has 21 heavy (non-hydrogen) atoms. The second kappa shape index (κ2) is 7.10. The third-order valence-corrected chi connectivity index (χ3v) is 3.84. The predicted molar refractivity (Wildman–Crippen MR) is 76.7 cm³/mol. The molecule has 1 aliphatic rings. The smallest absolute Gasteiger partial charge is 0.306 e. The van der Waals surface area contributed by atoms with Crippen LogP contribution in [0.25, 0.3) is 0 Å². The van der Waals surface area contributed by atoms with Crippen molar-refractivity contribution in [1.29, 1.82) is 0 Å². The summed E-state index contributed by atoms with van der Waals surface area (Å²) in [5, 5.41) is 12.2. The van der Waals surface area contributed by atoms with Gasteiger partial charge in [-0.3, -0.25) is 4.79 Å². The number of methoxy groups -OCH3 is 2. The van der Waals surface area contributed by atoms with E-state index in [0.717, 1.165) is 32.2 Å². The zero-order valence-electron chi connectivity index (χ0n) is 12.3. The molecule has 0 radical (unpaired) electrons. The third kappa shape index (κ3) is 4.21. The second-order valence-corrected chi connectivity index (χ2v) is 5.21. The van der Waals surface area contributed by atoms with Crippen LogP contribution in [0.5, 0.6) is 11.8 Å². The highest BCUT2D eigenvalue weighted by Crippen LogP contribution is 2.29. The van der Waals surface area contributed by atoms with Crippen LogP contribution in [0.3, 0.4) is 0 Å². The first kappa shape index (κ1) is 15.3. The van der Waals surface area contributed by atoms with E-state index in [1.54, 1.807) is 20.3 Å². The summed E-state index contributed by atoms with van der Waals surface area (Å²) in [5.74, 6) is 0.933.